The highest BCUT2D eigenvalue weighted by Gasteiger charge is 2.03. The molecular formula is C7H13N3OS. The Labute approximate surface area is 76.0 Å². The molecule has 1 heterocycles. The van der Waals surface area contributed by atoms with Gasteiger partial charge in [0.15, 0.2) is 5.13 Å². The molecular weight excluding hydrogens is 174 g/mol. The van der Waals surface area contributed by atoms with E-state index in [9.17, 15) is 0 Å². The molecule has 1 aromatic rings. The van der Waals surface area contributed by atoms with E-state index in [4.69, 9.17) is 10.5 Å². The predicted molar refractivity (Wildman–Crippen MR) is 51.7 cm³/mol. The lowest BCUT2D eigenvalue weighted by molar-refractivity contribution is 0.206. The number of nitrogen functional groups attached to an aromatic ring is 1. The van der Waals surface area contributed by atoms with Crippen LogP contribution in [0.15, 0.2) is 6.20 Å². The highest BCUT2D eigenvalue weighted by atomic mass is 32.1. The van der Waals surface area contributed by atoms with Crippen LogP contribution in [0.5, 0.6) is 0 Å². The minimum absolute atomic E-state index is 0.704. The molecule has 0 bridgehead atoms. The summed E-state index contributed by atoms with van der Waals surface area (Å²) in [5, 5.41) is 1.68. The van der Waals surface area contributed by atoms with Gasteiger partial charge in [0.05, 0.1) is 12.8 Å². The van der Waals surface area contributed by atoms with E-state index in [2.05, 4.69) is 4.98 Å². The summed E-state index contributed by atoms with van der Waals surface area (Å²) in [5.41, 5.74) is 5.54. The molecule has 68 valence electrons. The van der Waals surface area contributed by atoms with E-state index in [-0.39, 0.29) is 0 Å². The van der Waals surface area contributed by atoms with Crippen molar-refractivity contribution < 1.29 is 4.74 Å². The Morgan fingerprint density at radius 2 is 2.50 bits per heavy atom. The largest absolute Gasteiger partial charge is 0.389 e. The molecule has 0 spiro atoms. The monoisotopic (exact) mass is 187 g/mol. The van der Waals surface area contributed by atoms with Crippen molar-refractivity contribution in [1.82, 2.24) is 4.98 Å². The molecule has 4 nitrogen and oxygen atoms in total. The lowest BCUT2D eigenvalue weighted by atomic mass is 10.6. The molecule has 1 aromatic heterocycles. The Bertz CT molecular complexity index is 238. The van der Waals surface area contributed by atoms with Crippen molar-refractivity contribution in [3.63, 3.8) is 0 Å². The normalized spacial score (nSPS) is 10.2. The number of nitrogens with zero attached hydrogens (tertiary/aromatic N) is 2. The first-order valence-corrected chi connectivity index (χ1v) is 4.47. The Hall–Kier alpha value is -0.810. The van der Waals surface area contributed by atoms with Gasteiger partial charge in [0.2, 0.25) is 0 Å². The van der Waals surface area contributed by atoms with Crippen LogP contribution < -0.4 is 10.6 Å². The number of nitrogens with two attached hydrogens (primary N) is 1. The molecule has 0 saturated carbocycles. The number of anilines is 2. The molecule has 0 amide bonds. The summed E-state index contributed by atoms with van der Waals surface area (Å²) in [6.07, 6.45) is 1.67. The second-order valence-electron chi connectivity index (χ2n) is 2.46. The van der Waals surface area contributed by atoms with E-state index in [1.807, 2.05) is 11.9 Å². The molecule has 5 heteroatoms. The first kappa shape index (κ1) is 9.28. The summed E-state index contributed by atoms with van der Waals surface area (Å²) in [4.78, 5) is 6.15. The minimum Gasteiger partial charge on any atom is -0.389 e. The molecule has 0 aliphatic carbocycles. The molecule has 12 heavy (non-hydrogen) atoms. The number of thiazole rings is 1. The third-order valence-corrected chi connectivity index (χ3v) is 2.41. The van der Waals surface area contributed by atoms with Gasteiger partial charge >= 0.3 is 0 Å². The van der Waals surface area contributed by atoms with Crippen LogP contribution in [0.25, 0.3) is 0 Å². The zero-order chi connectivity index (χ0) is 8.97. The Morgan fingerprint density at radius 1 is 1.75 bits per heavy atom. The van der Waals surface area contributed by atoms with Crippen molar-refractivity contribution >= 4 is 21.5 Å². The maximum atomic E-state index is 5.54. The quantitative estimate of drug-likeness (QED) is 0.757. The van der Waals surface area contributed by atoms with Gasteiger partial charge in [-0.3, -0.25) is 0 Å². The number of hydrogen-bond donors (Lipinski definition) is 1. The first-order chi connectivity index (χ1) is 5.74. The maximum absolute atomic E-state index is 5.54. The van der Waals surface area contributed by atoms with Gasteiger partial charge in [-0.25, -0.2) is 4.98 Å². The van der Waals surface area contributed by atoms with Gasteiger partial charge in [-0.05, 0) is 0 Å². The first-order valence-electron chi connectivity index (χ1n) is 3.65. The summed E-state index contributed by atoms with van der Waals surface area (Å²) in [6.45, 7) is 1.54. The lowest BCUT2D eigenvalue weighted by Gasteiger charge is -2.13. The van der Waals surface area contributed by atoms with Crippen molar-refractivity contribution in [2.24, 2.45) is 0 Å². The average Bonchev–Trinajstić information content (AvgIpc) is 2.47. The number of aromatic nitrogens is 1. The number of methoxy groups -OCH3 is 1. The molecule has 0 unspecified atom stereocenters. The third kappa shape index (κ3) is 2.35. The second kappa shape index (κ2) is 4.27. The summed E-state index contributed by atoms with van der Waals surface area (Å²) in [5.74, 6) is 0. The van der Waals surface area contributed by atoms with Gasteiger partial charge in [-0.15, -0.1) is 0 Å². The summed E-state index contributed by atoms with van der Waals surface area (Å²) in [7, 11) is 3.65. The smallest absolute Gasteiger partial charge is 0.187 e. The van der Waals surface area contributed by atoms with Crippen molar-refractivity contribution in [1.29, 1.82) is 0 Å². The topological polar surface area (TPSA) is 51.4 Å². The summed E-state index contributed by atoms with van der Waals surface area (Å²) >= 11 is 1.48. The Morgan fingerprint density at radius 3 is 3.00 bits per heavy atom. The molecule has 0 fully saturated rings. The van der Waals surface area contributed by atoms with Gasteiger partial charge in [0, 0.05) is 20.7 Å². The van der Waals surface area contributed by atoms with Gasteiger partial charge in [0.25, 0.3) is 0 Å². The van der Waals surface area contributed by atoms with Crippen molar-refractivity contribution in [3.8, 4) is 0 Å². The van der Waals surface area contributed by atoms with Crippen LogP contribution in [0.3, 0.4) is 0 Å². The summed E-state index contributed by atoms with van der Waals surface area (Å²) < 4.78 is 4.94. The number of hydrogen-bond acceptors (Lipinski definition) is 5. The van der Waals surface area contributed by atoms with Crippen LogP contribution in [-0.2, 0) is 4.74 Å². The highest BCUT2D eigenvalue weighted by Crippen LogP contribution is 2.22. The SMILES string of the molecule is COCCN(C)c1ncc(N)s1. The van der Waals surface area contributed by atoms with Crippen molar-refractivity contribution in [2.75, 3.05) is 37.9 Å². The number of ether oxygens (including phenoxy) is 1. The van der Waals surface area contributed by atoms with E-state index in [0.717, 1.165) is 16.7 Å². The van der Waals surface area contributed by atoms with Gasteiger partial charge in [-0.2, -0.15) is 0 Å². The standard InChI is InChI=1S/C7H13N3OS/c1-10(3-4-11-2)7-9-5-6(8)12-7/h5H,3-4,8H2,1-2H3. The Kier molecular flexibility index (Phi) is 3.31. The number of likely N-dealkylation sites (N-methyl/N-ethyl adjacent to an activating group) is 1. The van der Waals surface area contributed by atoms with Crippen LogP contribution >= 0.6 is 11.3 Å². The molecule has 0 aromatic carbocycles. The van der Waals surface area contributed by atoms with E-state index in [1.54, 1.807) is 13.3 Å². The Balaban J connectivity index is 2.47. The fourth-order valence-electron chi connectivity index (χ4n) is 0.777. The van der Waals surface area contributed by atoms with E-state index in [1.165, 1.54) is 11.3 Å². The highest BCUT2D eigenvalue weighted by molar-refractivity contribution is 7.19. The van der Waals surface area contributed by atoms with Gasteiger partial charge in [0.1, 0.15) is 5.00 Å². The second-order valence-corrected chi connectivity index (χ2v) is 3.50. The fraction of sp³-hybridized carbons (Fsp3) is 0.571. The van der Waals surface area contributed by atoms with E-state index >= 15 is 0 Å². The van der Waals surface area contributed by atoms with Gasteiger partial charge in [-0.1, -0.05) is 11.3 Å². The molecule has 0 aliphatic heterocycles. The van der Waals surface area contributed by atoms with Gasteiger partial charge < -0.3 is 15.4 Å². The predicted octanol–water partition coefficient (Wildman–Crippen LogP) is 0.808. The summed E-state index contributed by atoms with van der Waals surface area (Å²) in [6, 6.07) is 0. The third-order valence-electron chi connectivity index (χ3n) is 1.47. The van der Waals surface area contributed by atoms with Crippen LogP contribution in [-0.4, -0.2) is 32.3 Å². The molecule has 0 aliphatic rings. The fourth-order valence-corrected chi connectivity index (χ4v) is 1.45. The molecule has 0 radical (unpaired) electrons. The van der Waals surface area contributed by atoms with Crippen molar-refractivity contribution in [3.05, 3.63) is 6.20 Å². The van der Waals surface area contributed by atoms with E-state index < -0.39 is 0 Å². The molecule has 0 saturated heterocycles. The lowest BCUT2D eigenvalue weighted by Crippen LogP contribution is -2.21. The van der Waals surface area contributed by atoms with E-state index in [0.29, 0.717) is 6.61 Å². The number of rotatable bonds is 4. The van der Waals surface area contributed by atoms with Crippen molar-refractivity contribution in [2.45, 2.75) is 0 Å². The van der Waals surface area contributed by atoms with Crippen LogP contribution in [0.4, 0.5) is 10.1 Å². The van der Waals surface area contributed by atoms with Crippen LogP contribution in [0, 0.1) is 0 Å². The average molecular weight is 187 g/mol. The van der Waals surface area contributed by atoms with Crippen LogP contribution in [0.2, 0.25) is 0 Å². The zero-order valence-corrected chi connectivity index (χ0v) is 8.10. The molecule has 1 rings (SSSR count). The molecule has 0 atom stereocenters. The minimum atomic E-state index is 0.704. The molecule has 2 N–H and O–H groups in total. The maximum Gasteiger partial charge on any atom is 0.187 e. The van der Waals surface area contributed by atoms with Crippen LogP contribution in [0.1, 0.15) is 0 Å². The zero-order valence-electron chi connectivity index (χ0n) is 7.28.